The molecule has 2 aromatic carbocycles. The number of rotatable bonds is 5. The van der Waals surface area contributed by atoms with Gasteiger partial charge in [-0.05, 0) is 47.7 Å². The Hall–Kier alpha value is -2.50. The highest BCUT2D eigenvalue weighted by atomic mass is 35.5. The summed E-state index contributed by atoms with van der Waals surface area (Å²) >= 11 is 7.70. The molecule has 2 N–H and O–H groups in total. The molecule has 0 saturated heterocycles. The van der Waals surface area contributed by atoms with Crippen LogP contribution in [0.25, 0.3) is 0 Å². The molecule has 2 amide bonds. The van der Waals surface area contributed by atoms with E-state index in [-0.39, 0.29) is 12.1 Å². The smallest absolute Gasteiger partial charge is 0.319 e. The van der Waals surface area contributed by atoms with Gasteiger partial charge in [0.2, 0.25) is 0 Å². The molecule has 0 bridgehead atoms. The number of hydrogen-bond acceptors (Lipinski definition) is 3. The van der Waals surface area contributed by atoms with Crippen molar-refractivity contribution in [1.29, 1.82) is 0 Å². The van der Waals surface area contributed by atoms with E-state index in [9.17, 15) is 4.79 Å². The number of carbonyl (C=O) groups is 1. The Morgan fingerprint density at radius 2 is 2.04 bits per heavy atom. The number of nitrogens with one attached hydrogen (secondary N) is 2. The van der Waals surface area contributed by atoms with Gasteiger partial charge in [-0.3, -0.25) is 0 Å². The zero-order valence-electron chi connectivity index (χ0n) is 14.7. The first-order valence-corrected chi connectivity index (χ1v) is 10.1. The minimum absolute atomic E-state index is 0.110. The van der Waals surface area contributed by atoms with E-state index in [1.807, 2.05) is 12.1 Å². The maximum Gasteiger partial charge on any atom is 0.319 e. The first-order valence-electron chi connectivity index (χ1n) is 8.89. The van der Waals surface area contributed by atoms with Gasteiger partial charge < -0.3 is 15.5 Å². The van der Waals surface area contributed by atoms with Crippen LogP contribution in [0.1, 0.15) is 16.5 Å². The number of para-hydroxylation sites is 1. The quantitative estimate of drug-likeness (QED) is 0.611. The van der Waals surface area contributed by atoms with Crippen LogP contribution in [0.5, 0.6) is 0 Å². The van der Waals surface area contributed by atoms with Gasteiger partial charge in [0.25, 0.3) is 0 Å². The van der Waals surface area contributed by atoms with Crippen molar-refractivity contribution in [2.45, 2.75) is 12.5 Å². The van der Waals surface area contributed by atoms with Crippen molar-refractivity contribution in [2.75, 3.05) is 23.3 Å². The average molecular weight is 398 g/mol. The summed E-state index contributed by atoms with van der Waals surface area (Å²) in [7, 11) is 0. The van der Waals surface area contributed by atoms with Crippen LogP contribution >= 0.6 is 22.9 Å². The van der Waals surface area contributed by atoms with Crippen LogP contribution < -0.4 is 15.5 Å². The lowest BCUT2D eigenvalue weighted by atomic mass is 10.1. The van der Waals surface area contributed by atoms with Crippen molar-refractivity contribution in [2.24, 2.45) is 0 Å². The van der Waals surface area contributed by atoms with Crippen LogP contribution in [0.4, 0.5) is 16.2 Å². The van der Waals surface area contributed by atoms with Crippen molar-refractivity contribution >= 4 is 40.3 Å². The van der Waals surface area contributed by atoms with Crippen LogP contribution in [0, 0.1) is 0 Å². The fourth-order valence-corrected chi connectivity index (χ4v) is 4.49. The summed E-state index contributed by atoms with van der Waals surface area (Å²) in [5.41, 5.74) is 3.30. The minimum atomic E-state index is -0.230. The van der Waals surface area contributed by atoms with Crippen LogP contribution in [-0.2, 0) is 6.42 Å². The second-order valence-electron chi connectivity index (χ2n) is 6.45. The number of carbonyl (C=O) groups excluding carboxylic acids is 1. The Labute approximate surface area is 167 Å². The van der Waals surface area contributed by atoms with E-state index in [1.165, 1.54) is 16.1 Å². The van der Waals surface area contributed by atoms with Gasteiger partial charge in [0.05, 0.1) is 6.04 Å². The van der Waals surface area contributed by atoms with Gasteiger partial charge in [-0.15, -0.1) is 11.3 Å². The lowest BCUT2D eigenvalue weighted by Gasteiger charge is -2.30. The molecule has 6 heteroatoms. The molecular weight excluding hydrogens is 378 g/mol. The Balaban J connectivity index is 1.47. The molecule has 27 heavy (non-hydrogen) atoms. The molecule has 0 unspecified atom stereocenters. The molecule has 138 valence electrons. The summed E-state index contributed by atoms with van der Waals surface area (Å²) in [6.07, 6.45) is 1.03. The lowest BCUT2D eigenvalue weighted by molar-refractivity contribution is 0.251. The second kappa shape index (κ2) is 8.03. The SMILES string of the molecule is O=C(NC[C@@H](c1cccs1)N1CCc2ccccc21)Nc1cccc(Cl)c1. The fraction of sp³-hybridized carbons (Fsp3) is 0.190. The van der Waals surface area contributed by atoms with Crippen molar-refractivity contribution < 1.29 is 4.79 Å². The minimum Gasteiger partial charge on any atom is -0.361 e. The molecule has 3 aromatic rings. The zero-order chi connectivity index (χ0) is 18.6. The summed E-state index contributed by atoms with van der Waals surface area (Å²) in [5, 5.41) is 8.54. The second-order valence-corrected chi connectivity index (χ2v) is 7.86. The van der Waals surface area contributed by atoms with Crippen molar-refractivity contribution in [3.63, 3.8) is 0 Å². The third-order valence-corrected chi connectivity index (χ3v) is 5.92. The maximum atomic E-state index is 12.4. The van der Waals surface area contributed by atoms with E-state index < -0.39 is 0 Å². The van der Waals surface area contributed by atoms with Crippen LogP contribution in [0.15, 0.2) is 66.0 Å². The van der Waals surface area contributed by atoms with Crippen LogP contribution in [0.2, 0.25) is 5.02 Å². The van der Waals surface area contributed by atoms with Crippen LogP contribution in [0.3, 0.4) is 0 Å². The number of amides is 2. The Bertz CT molecular complexity index is 929. The number of benzene rings is 2. The first-order chi connectivity index (χ1) is 13.2. The van der Waals surface area contributed by atoms with Crippen LogP contribution in [-0.4, -0.2) is 19.1 Å². The summed E-state index contributed by atoms with van der Waals surface area (Å²) in [5.74, 6) is 0. The van der Waals surface area contributed by atoms with E-state index in [2.05, 4.69) is 57.3 Å². The molecule has 1 aliphatic heterocycles. The highest BCUT2D eigenvalue weighted by molar-refractivity contribution is 7.10. The standard InChI is InChI=1S/C21H20ClN3OS/c22-16-6-3-7-17(13-16)24-21(26)23-14-19(20-9-4-12-27-20)25-11-10-15-5-1-2-8-18(15)25/h1-9,12-13,19H,10-11,14H2,(H2,23,24,26)/t19-/m0/s1. The Morgan fingerprint density at radius 3 is 2.85 bits per heavy atom. The molecule has 0 fully saturated rings. The van der Waals surface area contributed by atoms with E-state index in [0.717, 1.165) is 13.0 Å². The van der Waals surface area contributed by atoms with E-state index >= 15 is 0 Å². The fourth-order valence-electron chi connectivity index (χ4n) is 3.46. The van der Waals surface area contributed by atoms with Gasteiger partial charge in [-0.2, -0.15) is 0 Å². The number of halogens is 1. The monoisotopic (exact) mass is 397 g/mol. The summed E-state index contributed by atoms with van der Waals surface area (Å²) in [6, 6.07) is 19.7. The molecular formula is C21H20ClN3OS. The molecule has 0 spiro atoms. The van der Waals surface area contributed by atoms with E-state index in [1.54, 1.807) is 23.5 Å². The van der Waals surface area contributed by atoms with Gasteiger partial charge in [0.15, 0.2) is 0 Å². The maximum absolute atomic E-state index is 12.4. The van der Waals surface area contributed by atoms with Gasteiger partial charge in [-0.25, -0.2) is 4.79 Å². The number of hydrogen-bond donors (Lipinski definition) is 2. The summed E-state index contributed by atoms with van der Waals surface area (Å²) in [6.45, 7) is 1.49. The Kier molecular flexibility index (Phi) is 5.32. The molecule has 0 radical (unpaired) electrons. The number of anilines is 2. The topological polar surface area (TPSA) is 44.4 Å². The summed E-state index contributed by atoms with van der Waals surface area (Å²) in [4.78, 5) is 16.0. The molecule has 1 atom stereocenters. The molecule has 2 heterocycles. The first kappa shape index (κ1) is 17.9. The molecule has 1 aliphatic rings. The molecule has 1 aromatic heterocycles. The van der Waals surface area contributed by atoms with E-state index in [4.69, 9.17) is 11.6 Å². The lowest BCUT2D eigenvalue weighted by Crippen LogP contribution is -2.38. The number of fused-ring (bicyclic) bond motifs is 1. The van der Waals surface area contributed by atoms with Gasteiger partial charge in [-0.1, -0.05) is 41.9 Å². The number of thiophene rings is 1. The largest absolute Gasteiger partial charge is 0.361 e. The average Bonchev–Trinajstić information content (AvgIpc) is 3.33. The molecule has 0 aliphatic carbocycles. The Morgan fingerprint density at radius 1 is 1.15 bits per heavy atom. The van der Waals surface area contributed by atoms with Crippen molar-refractivity contribution in [1.82, 2.24) is 5.32 Å². The number of nitrogens with zero attached hydrogens (tertiary/aromatic N) is 1. The van der Waals surface area contributed by atoms with Crippen molar-refractivity contribution in [3.8, 4) is 0 Å². The third-order valence-electron chi connectivity index (χ3n) is 4.71. The zero-order valence-corrected chi connectivity index (χ0v) is 16.3. The van der Waals surface area contributed by atoms with Gasteiger partial charge in [0, 0.05) is 34.4 Å². The predicted molar refractivity (Wildman–Crippen MR) is 113 cm³/mol. The highest BCUT2D eigenvalue weighted by Gasteiger charge is 2.28. The normalized spacial score (nSPS) is 13.9. The third kappa shape index (κ3) is 4.10. The number of urea groups is 1. The molecule has 4 rings (SSSR count). The molecule has 4 nitrogen and oxygen atoms in total. The van der Waals surface area contributed by atoms with E-state index in [0.29, 0.717) is 17.3 Å². The predicted octanol–water partition coefficient (Wildman–Crippen LogP) is 5.33. The highest BCUT2D eigenvalue weighted by Crippen LogP contribution is 2.36. The summed E-state index contributed by atoms with van der Waals surface area (Å²) < 4.78 is 0. The van der Waals surface area contributed by atoms with Gasteiger partial charge in [0.1, 0.15) is 0 Å². The molecule has 0 saturated carbocycles. The van der Waals surface area contributed by atoms with Gasteiger partial charge >= 0.3 is 6.03 Å². The van der Waals surface area contributed by atoms with Crippen molar-refractivity contribution in [3.05, 3.63) is 81.5 Å².